The van der Waals surface area contributed by atoms with Gasteiger partial charge in [-0.05, 0) is 128 Å². The average molecular weight is 886 g/mol. The van der Waals surface area contributed by atoms with Gasteiger partial charge in [0.25, 0.3) is 8.32 Å². The van der Waals surface area contributed by atoms with E-state index in [1.165, 1.54) is 36.2 Å². The van der Waals surface area contributed by atoms with Gasteiger partial charge in [-0.1, -0.05) is 68.2 Å². The number of nitrogens with zero attached hydrogens (tertiary/aromatic N) is 4. The highest BCUT2D eigenvalue weighted by Crippen LogP contribution is 2.37. The molecule has 0 atom stereocenters. The van der Waals surface area contributed by atoms with Gasteiger partial charge in [-0.25, -0.2) is 19.6 Å². The Kier molecular flexibility index (Phi) is 18.2. The second kappa shape index (κ2) is 22.5. The standard InChI is InChI=1S/C23H32ClN3O2Si.C17H18ClN3O2.C4H8O.ClH/c1-23(2,3)30(4,5)29-20-9-10-21(25-16-20)26-22(28)27-13-11-17(12-14-27)18-7-6-8-19(24)15-18;18-14-3-1-2-13(10-14)12-6-8-21(9-7-12)17(23)20-16-5-4-15(22)11-19-16;1-2-4-5-3-1;/h6-10,15-17H,11-14H2,1-5H3,(H,25,26,28);1-5,10-12,22H,6-9H2,(H,19,20,23);1-4H2;1H. The van der Waals surface area contributed by atoms with E-state index in [2.05, 4.69) is 66.6 Å². The Morgan fingerprint density at radius 2 is 1.20 bits per heavy atom. The highest BCUT2D eigenvalue weighted by atomic mass is 35.5. The van der Waals surface area contributed by atoms with E-state index in [9.17, 15) is 14.7 Å². The van der Waals surface area contributed by atoms with Crippen molar-refractivity contribution in [3.05, 3.63) is 106 Å². The molecule has 59 heavy (non-hydrogen) atoms. The average Bonchev–Trinajstić information content (AvgIpc) is 3.80. The number of rotatable bonds is 6. The fourth-order valence-corrected chi connectivity index (χ4v) is 8.08. The molecule has 2 aromatic carbocycles. The first-order valence-electron chi connectivity index (χ1n) is 20.2. The Labute approximate surface area is 366 Å². The number of urea groups is 2. The molecule has 0 aliphatic carbocycles. The summed E-state index contributed by atoms with van der Waals surface area (Å²) in [6, 6.07) is 22.4. The molecule has 15 heteroatoms. The van der Waals surface area contributed by atoms with Crippen molar-refractivity contribution in [2.45, 2.75) is 89.3 Å². The topological polar surface area (TPSA) is 129 Å². The van der Waals surface area contributed by atoms with Gasteiger partial charge in [0.15, 0.2) is 0 Å². The normalized spacial score (nSPS) is 16.1. The van der Waals surface area contributed by atoms with Crippen LogP contribution in [0, 0.1) is 0 Å². The lowest BCUT2D eigenvalue weighted by Crippen LogP contribution is -2.43. The summed E-state index contributed by atoms with van der Waals surface area (Å²) in [5.74, 6) is 2.68. The first-order valence-corrected chi connectivity index (χ1v) is 23.8. The minimum absolute atomic E-state index is 0. The van der Waals surface area contributed by atoms with E-state index in [0.717, 1.165) is 67.8 Å². The molecule has 0 unspecified atom stereocenters. The SMILES string of the molecule is C1CCOC1.CC(C)(C)[Si](C)(C)Oc1ccc(NC(=O)N2CCC(c3cccc(Cl)c3)CC2)nc1.Cl.O=C(Nc1ccc(O)cn1)N1CCC(c2cccc(Cl)c2)CC1. The van der Waals surface area contributed by atoms with Crippen LogP contribution in [-0.4, -0.2) is 84.6 Å². The molecule has 0 radical (unpaired) electrons. The monoisotopic (exact) mass is 884 g/mol. The Morgan fingerprint density at radius 3 is 1.56 bits per heavy atom. The van der Waals surface area contributed by atoms with E-state index in [1.807, 2.05) is 47.4 Å². The summed E-state index contributed by atoms with van der Waals surface area (Å²) in [5.41, 5.74) is 2.49. The van der Waals surface area contributed by atoms with Crippen LogP contribution in [0.5, 0.6) is 11.5 Å². The van der Waals surface area contributed by atoms with E-state index in [0.29, 0.717) is 36.6 Å². The zero-order valence-electron chi connectivity index (χ0n) is 34.8. The smallest absolute Gasteiger partial charge is 0.323 e. The number of hydrogen-bond acceptors (Lipinski definition) is 7. The number of likely N-dealkylation sites (tertiary alicyclic amines) is 2. The largest absolute Gasteiger partial charge is 0.542 e. The minimum atomic E-state index is -1.90. The quantitative estimate of drug-likeness (QED) is 0.164. The van der Waals surface area contributed by atoms with Crippen LogP contribution in [0.3, 0.4) is 0 Å². The van der Waals surface area contributed by atoms with E-state index in [-0.39, 0.29) is 35.3 Å². The van der Waals surface area contributed by atoms with Gasteiger partial charge in [0.1, 0.15) is 23.1 Å². The van der Waals surface area contributed by atoms with Crippen LogP contribution >= 0.6 is 35.6 Å². The summed E-state index contributed by atoms with van der Waals surface area (Å²) in [6.45, 7) is 15.9. The molecule has 0 spiro atoms. The van der Waals surface area contributed by atoms with Gasteiger partial charge in [-0.3, -0.25) is 10.6 Å². The third kappa shape index (κ3) is 14.9. The van der Waals surface area contributed by atoms with E-state index >= 15 is 0 Å². The number of benzene rings is 2. The lowest BCUT2D eigenvalue weighted by molar-refractivity contribution is 0.194. The zero-order valence-corrected chi connectivity index (χ0v) is 38.1. The minimum Gasteiger partial charge on any atom is -0.542 e. The Balaban J connectivity index is 0.000000234. The molecule has 7 rings (SSSR count). The summed E-state index contributed by atoms with van der Waals surface area (Å²) < 4.78 is 11.2. The van der Waals surface area contributed by atoms with Crippen LogP contribution in [0.2, 0.25) is 28.2 Å². The number of anilines is 2. The molecule has 0 saturated carbocycles. The molecule has 3 aliphatic heterocycles. The fraction of sp³-hybridized carbons (Fsp3) is 0.455. The van der Waals surface area contributed by atoms with Crippen LogP contribution in [0.4, 0.5) is 21.2 Å². The maximum atomic E-state index is 12.6. The van der Waals surface area contributed by atoms with Crippen molar-refractivity contribution in [1.29, 1.82) is 0 Å². The molecule has 3 aliphatic rings. The number of ether oxygens (including phenoxy) is 1. The van der Waals surface area contributed by atoms with Crippen LogP contribution in [0.1, 0.15) is 82.3 Å². The molecule has 3 N–H and O–H groups in total. The van der Waals surface area contributed by atoms with Gasteiger partial charge < -0.3 is 24.1 Å². The van der Waals surface area contributed by atoms with Crippen molar-refractivity contribution >= 4 is 67.6 Å². The number of carbonyl (C=O) groups excluding carboxylic acids is 2. The van der Waals surface area contributed by atoms with Crippen LogP contribution in [0.15, 0.2) is 85.2 Å². The number of amides is 4. The molecule has 11 nitrogen and oxygen atoms in total. The molecule has 4 amide bonds. The highest BCUT2D eigenvalue weighted by molar-refractivity contribution is 6.74. The molecule has 4 aromatic rings. The summed E-state index contributed by atoms with van der Waals surface area (Å²) in [4.78, 5) is 36.9. The van der Waals surface area contributed by atoms with E-state index < -0.39 is 8.32 Å². The van der Waals surface area contributed by atoms with Crippen molar-refractivity contribution in [2.24, 2.45) is 0 Å². The van der Waals surface area contributed by atoms with Gasteiger partial charge in [0.2, 0.25) is 0 Å². The van der Waals surface area contributed by atoms with Crippen molar-refractivity contribution in [1.82, 2.24) is 19.8 Å². The molecule has 2 aromatic heterocycles. The maximum Gasteiger partial charge on any atom is 0.323 e. The van der Waals surface area contributed by atoms with Crippen LogP contribution in [0.25, 0.3) is 0 Å². The molecule has 3 saturated heterocycles. The number of halogens is 3. The molecule has 0 bridgehead atoms. The lowest BCUT2D eigenvalue weighted by Gasteiger charge is -2.36. The maximum absolute atomic E-state index is 12.6. The van der Waals surface area contributed by atoms with Gasteiger partial charge in [0, 0.05) is 49.4 Å². The third-order valence-corrected chi connectivity index (χ3v) is 16.0. The summed E-state index contributed by atoms with van der Waals surface area (Å²) >= 11 is 12.2. The van der Waals surface area contributed by atoms with Gasteiger partial charge in [0.05, 0.1) is 12.4 Å². The number of piperidine rings is 2. The van der Waals surface area contributed by atoms with Gasteiger partial charge >= 0.3 is 12.1 Å². The zero-order chi connectivity index (χ0) is 41.7. The second-order valence-corrected chi connectivity index (χ2v) is 22.1. The van der Waals surface area contributed by atoms with E-state index in [1.54, 1.807) is 23.2 Å². The number of nitrogens with one attached hydrogen (secondary N) is 2. The van der Waals surface area contributed by atoms with Gasteiger partial charge in [-0.2, -0.15) is 0 Å². The second-order valence-electron chi connectivity index (χ2n) is 16.5. The molecule has 5 heterocycles. The first kappa shape index (κ1) is 47.6. The van der Waals surface area contributed by atoms with Crippen molar-refractivity contribution in [2.75, 3.05) is 50.0 Å². The fourth-order valence-electron chi connectivity index (χ4n) is 6.66. The Hall–Kier alpha value is -4.07. The van der Waals surface area contributed by atoms with Crippen molar-refractivity contribution in [3.63, 3.8) is 0 Å². The number of carbonyl (C=O) groups is 2. The van der Waals surface area contributed by atoms with E-state index in [4.69, 9.17) is 32.4 Å². The Morgan fingerprint density at radius 1 is 0.746 bits per heavy atom. The molecule has 3 fully saturated rings. The number of aromatic hydroxyl groups is 1. The number of hydrogen-bond donors (Lipinski definition) is 3. The molecule has 320 valence electrons. The number of aromatic nitrogens is 2. The van der Waals surface area contributed by atoms with Crippen molar-refractivity contribution in [3.8, 4) is 11.5 Å². The third-order valence-electron chi connectivity index (χ3n) is 11.2. The first-order chi connectivity index (χ1) is 27.7. The van der Waals surface area contributed by atoms with Crippen LogP contribution in [-0.2, 0) is 4.74 Å². The van der Waals surface area contributed by atoms with Crippen LogP contribution < -0.4 is 15.1 Å². The summed E-state index contributed by atoms with van der Waals surface area (Å²) in [5, 5.41) is 16.5. The predicted octanol–water partition coefficient (Wildman–Crippen LogP) is 11.6. The number of pyridine rings is 2. The summed E-state index contributed by atoms with van der Waals surface area (Å²) in [7, 11) is -1.90. The molecular weight excluding hydrogens is 827 g/mol. The molecular formula is C44H59Cl3N6O5Si. The lowest BCUT2D eigenvalue weighted by atomic mass is 9.89. The summed E-state index contributed by atoms with van der Waals surface area (Å²) in [6.07, 6.45) is 9.25. The Bertz CT molecular complexity index is 1910. The highest BCUT2D eigenvalue weighted by Gasteiger charge is 2.39. The van der Waals surface area contributed by atoms with Crippen molar-refractivity contribution < 1.29 is 23.9 Å². The van der Waals surface area contributed by atoms with Gasteiger partial charge in [-0.15, -0.1) is 12.4 Å². The predicted molar refractivity (Wildman–Crippen MR) is 243 cm³/mol.